The maximum absolute atomic E-state index is 13.6. The van der Waals surface area contributed by atoms with E-state index >= 15 is 0 Å². The Morgan fingerprint density at radius 1 is 1.02 bits per heavy atom. The first-order valence-electron chi connectivity index (χ1n) is 14.2. The van der Waals surface area contributed by atoms with E-state index in [-0.39, 0.29) is 37.4 Å². The Bertz CT molecular complexity index is 1200. The molecule has 0 spiro atoms. The normalized spacial score (nSPS) is 14.8. The van der Waals surface area contributed by atoms with Crippen LogP contribution in [0.15, 0.2) is 48.5 Å². The third-order valence-electron chi connectivity index (χ3n) is 7.19. The van der Waals surface area contributed by atoms with Crippen LogP contribution in [0.3, 0.4) is 0 Å². The van der Waals surface area contributed by atoms with Crippen LogP contribution in [-0.4, -0.2) is 56.6 Å². The van der Waals surface area contributed by atoms with Gasteiger partial charge in [-0.2, -0.15) is 0 Å². The van der Waals surface area contributed by atoms with Gasteiger partial charge < -0.3 is 15.0 Å². The SMILES string of the molecule is CCOc1ccc(N(CCCC(=O)N(Cc2ccc(Cl)cc2)[C@H](CC)C(=O)NC2CCCCC2)S(C)(=O)=O)cc1. The van der Waals surface area contributed by atoms with Crippen molar-refractivity contribution in [2.24, 2.45) is 0 Å². The monoisotopic (exact) mass is 591 g/mol. The lowest BCUT2D eigenvalue weighted by Crippen LogP contribution is -2.51. The lowest BCUT2D eigenvalue weighted by atomic mass is 9.95. The summed E-state index contributed by atoms with van der Waals surface area (Å²) in [6, 6.07) is 13.6. The van der Waals surface area contributed by atoms with E-state index in [1.54, 1.807) is 41.3 Å². The van der Waals surface area contributed by atoms with E-state index in [4.69, 9.17) is 16.3 Å². The van der Waals surface area contributed by atoms with Crippen molar-refractivity contribution in [2.75, 3.05) is 23.7 Å². The van der Waals surface area contributed by atoms with Crippen molar-refractivity contribution in [1.29, 1.82) is 0 Å². The smallest absolute Gasteiger partial charge is 0.243 e. The van der Waals surface area contributed by atoms with Crippen LogP contribution in [-0.2, 0) is 26.2 Å². The highest BCUT2D eigenvalue weighted by Gasteiger charge is 2.30. The molecule has 1 fully saturated rings. The van der Waals surface area contributed by atoms with Crippen molar-refractivity contribution < 1.29 is 22.7 Å². The lowest BCUT2D eigenvalue weighted by molar-refractivity contribution is -0.141. The Balaban J connectivity index is 1.73. The topological polar surface area (TPSA) is 96.0 Å². The van der Waals surface area contributed by atoms with Gasteiger partial charge in [-0.25, -0.2) is 8.42 Å². The number of benzene rings is 2. The number of ether oxygens (including phenoxy) is 1. The summed E-state index contributed by atoms with van der Waals surface area (Å²) in [5.74, 6) is 0.328. The summed E-state index contributed by atoms with van der Waals surface area (Å²) >= 11 is 6.06. The van der Waals surface area contributed by atoms with Crippen molar-refractivity contribution in [3.8, 4) is 5.75 Å². The molecule has 1 saturated carbocycles. The second kappa shape index (κ2) is 15.3. The van der Waals surface area contributed by atoms with E-state index in [0.29, 0.717) is 35.9 Å². The summed E-state index contributed by atoms with van der Waals surface area (Å²) < 4.78 is 31.9. The van der Waals surface area contributed by atoms with Crippen molar-refractivity contribution in [1.82, 2.24) is 10.2 Å². The zero-order valence-corrected chi connectivity index (χ0v) is 25.3. The summed E-state index contributed by atoms with van der Waals surface area (Å²) in [6.45, 7) is 4.71. The number of rotatable bonds is 14. The van der Waals surface area contributed by atoms with Gasteiger partial charge >= 0.3 is 0 Å². The van der Waals surface area contributed by atoms with Gasteiger partial charge in [0.15, 0.2) is 0 Å². The molecule has 2 aromatic carbocycles. The van der Waals surface area contributed by atoms with Crippen LogP contribution in [0, 0.1) is 0 Å². The molecule has 0 unspecified atom stereocenters. The van der Waals surface area contributed by atoms with Crippen molar-refractivity contribution in [2.45, 2.75) is 83.8 Å². The van der Waals surface area contributed by atoms with E-state index in [0.717, 1.165) is 37.5 Å². The first-order chi connectivity index (χ1) is 19.1. The molecule has 0 aliphatic heterocycles. The predicted octanol–water partition coefficient (Wildman–Crippen LogP) is 5.54. The molecule has 220 valence electrons. The Morgan fingerprint density at radius 2 is 1.68 bits per heavy atom. The van der Waals surface area contributed by atoms with Crippen LogP contribution in [0.25, 0.3) is 0 Å². The third-order valence-corrected chi connectivity index (χ3v) is 8.64. The highest BCUT2D eigenvalue weighted by Crippen LogP contribution is 2.23. The number of carbonyl (C=O) groups excluding carboxylic acids is 2. The Hall–Kier alpha value is -2.78. The lowest BCUT2D eigenvalue weighted by Gasteiger charge is -2.33. The number of anilines is 1. The fourth-order valence-corrected chi connectivity index (χ4v) is 6.22. The average Bonchev–Trinajstić information content (AvgIpc) is 2.92. The van der Waals surface area contributed by atoms with Gasteiger partial charge in [0.1, 0.15) is 11.8 Å². The largest absolute Gasteiger partial charge is 0.494 e. The van der Waals surface area contributed by atoms with Gasteiger partial charge in [-0.15, -0.1) is 0 Å². The van der Waals surface area contributed by atoms with Crippen LogP contribution in [0.1, 0.15) is 70.8 Å². The Kier molecular flexibility index (Phi) is 12.1. The van der Waals surface area contributed by atoms with Gasteiger partial charge in [-0.05, 0) is 74.6 Å². The zero-order chi connectivity index (χ0) is 29.1. The summed E-state index contributed by atoms with van der Waals surface area (Å²) in [7, 11) is -3.57. The number of nitrogens with one attached hydrogen (secondary N) is 1. The standard InChI is InChI=1S/C30H42ClN3O5S/c1-4-28(30(36)32-25-10-7-6-8-11-25)33(22-23-13-15-24(31)16-14-23)29(35)12-9-21-34(40(3,37)38)26-17-19-27(20-18-26)39-5-2/h13-20,25,28H,4-12,21-22H2,1-3H3,(H,32,36)/t28-/m1/s1. The molecule has 3 rings (SSSR count). The highest BCUT2D eigenvalue weighted by molar-refractivity contribution is 7.92. The van der Waals surface area contributed by atoms with Crippen LogP contribution < -0.4 is 14.4 Å². The summed E-state index contributed by atoms with van der Waals surface area (Å²) in [5.41, 5.74) is 1.38. The number of hydrogen-bond donors (Lipinski definition) is 1. The predicted molar refractivity (Wildman–Crippen MR) is 160 cm³/mol. The molecule has 10 heteroatoms. The third kappa shape index (κ3) is 9.41. The van der Waals surface area contributed by atoms with Crippen LogP contribution in [0.5, 0.6) is 5.75 Å². The molecule has 0 saturated heterocycles. The van der Waals surface area contributed by atoms with Gasteiger partial charge in [-0.3, -0.25) is 13.9 Å². The Morgan fingerprint density at radius 3 is 2.25 bits per heavy atom. The van der Waals surface area contributed by atoms with Gasteiger partial charge in [0.25, 0.3) is 0 Å². The fourth-order valence-electron chi connectivity index (χ4n) is 5.13. The molecular formula is C30H42ClN3O5S. The minimum absolute atomic E-state index is 0.101. The van der Waals surface area contributed by atoms with E-state index in [2.05, 4.69) is 5.32 Å². The number of hydrogen-bond acceptors (Lipinski definition) is 5. The first-order valence-corrected chi connectivity index (χ1v) is 16.4. The van der Waals surface area contributed by atoms with Gasteiger partial charge in [0.05, 0.1) is 18.6 Å². The molecule has 1 aliphatic carbocycles. The summed E-state index contributed by atoms with van der Waals surface area (Å²) in [6.07, 6.45) is 7.33. The molecule has 1 N–H and O–H groups in total. The van der Waals surface area contributed by atoms with Crippen LogP contribution in [0.4, 0.5) is 5.69 Å². The molecule has 0 bridgehead atoms. The molecular weight excluding hydrogens is 550 g/mol. The van der Waals surface area contributed by atoms with E-state index in [9.17, 15) is 18.0 Å². The molecule has 40 heavy (non-hydrogen) atoms. The highest BCUT2D eigenvalue weighted by atomic mass is 35.5. The molecule has 0 aromatic heterocycles. The molecule has 0 heterocycles. The molecule has 2 aromatic rings. The van der Waals surface area contributed by atoms with Gasteiger partial charge in [0.2, 0.25) is 21.8 Å². The van der Waals surface area contributed by atoms with Crippen molar-refractivity contribution >= 4 is 39.1 Å². The average molecular weight is 592 g/mol. The number of carbonyl (C=O) groups is 2. The maximum Gasteiger partial charge on any atom is 0.243 e. The second-order valence-corrected chi connectivity index (χ2v) is 12.6. The zero-order valence-electron chi connectivity index (χ0n) is 23.8. The summed E-state index contributed by atoms with van der Waals surface area (Å²) in [5, 5.41) is 3.77. The molecule has 1 atom stereocenters. The van der Waals surface area contributed by atoms with Crippen LogP contribution >= 0.6 is 11.6 Å². The number of nitrogens with zero attached hydrogens (tertiary/aromatic N) is 2. The summed E-state index contributed by atoms with van der Waals surface area (Å²) in [4.78, 5) is 28.6. The number of amides is 2. The molecule has 1 aliphatic rings. The molecule has 2 amide bonds. The number of halogens is 1. The molecule has 8 nitrogen and oxygen atoms in total. The quantitative estimate of drug-likeness (QED) is 0.311. The van der Waals surface area contributed by atoms with Gasteiger partial charge in [0, 0.05) is 30.6 Å². The van der Waals surface area contributed by atoms with Crippen molar-refractivity contribution in [3.05, 3.63) is 59.1 Å². The molecule has 0 radical (unpaired) electrons. The number of sulfonamides is 1. The first kappa shape index (κ1) is 31.7. The van der Waals surface area contributed by atoms with E-state index in [1.807, 2.05) is 26.0 Å². The van der Waals surface area contributed by atoms with E-state index < -0.39 is 16.1 Å². The van der Waals surface area contributed by atoms with Crippen molar-refractivity contribution in [3.63, 3.8) is 0 Å². The Labute approximate surface area is 244 Å². The minimum Gasteiger partial charge on any atom is -0.494 e. The fraction of sp³-hybridized carbons (Fsp3) is 0.533. The maximum atomic E-state index is 13.6. The van der Waals surface area contributed by atoms with E-state index in [1.165, 1.54) is 10.7 Å². The van der Waals surface area contributed by atoms with Gasteiger partial charge in [-0.1, -0.05) is 49.9 Å². The second-order valence-electron chi connectivity index (χ2n) is 10.3. The minimum atomic E-state index is -3.57. The van der Waals surface area contributed by atoms with Crippen LogP contribution in [0.2, 0.25) is 5.02 Å².